The SMILES string of the molecule is CC1COC(=O)N1c1ccccc1O. The van der Waals surface area contributed by atoms with Gasteiger partial charge in [-0.1, -0.05) is 12.1 Å². The number of para-hydroxylation sites is 2. The Morgan fingerprint density at radius 1 is 1.50 bits per heavy atom. The summed E-state index contributed by atoms with van der Waals surface area (Å²) in [7, 11) is 0. The zero-order valence-electron chi connectivity index (χ0n) is 7.80. The molecule has 4 nitrogen and oxygen atoms in total. The van der Waals surface area contributed by atoms with E-state index in [2.05, 4.69) is 0 Å². The van der Waals surface area contributed by atoms with Crippen LogP contribution in [0.15, 0.2) is 24.3 Å². The van der Waals surface area contributed by atoms with Crippen LogP contribution >= 0.6 is 0 Å². The van der Waals surface area contributed by atoms with Crippen molar-refractivity contribution in [1.29, 1.82) is 0 Å². The number of ether oxygens (including phenoxy) is 1. The Kier molecular flexibility index (Phi) is 2.04. The van der Waals surface area contributed by atoms with Crippen molar-refractivity contribution in [3.8, 4) is 5.75 Å². The number of carbonyl (C=O) groups excluding carboxylic acids is 1. The lowest BCUT2D eigenvalue weighted by atomic mass is 10.2. The van der Waals surface area contributed by atoms with E-state index in [4.69, 9.17) is 4.74 Å². The Morgan fingerprint density at radius 3 is 2.79 bits per heavy atom. The number of hydrogen-bond donors (Lipinski definition) is 1. The summed E-state index contributed by atoms with van der Waals surface area (Å²) in [5.41, 5.74) is 0.502. The van der Waals surface area contributed by atoms with Crippen molar-refractivity contribution in [2.75, 3.05) is 11.5 Å². The largest absolute Gasteiger partial charge is 0.506 e. The Hall–Kier alpha value is -1.71. The van der Waals surface area contributed by atoms with E-state index in [1.165, 1.54) is 4.90 Å². The Morgan fingerprint density at radius 2 is 2.21 bits per heavy atom. The normalized spacial score (nSPS) is 21.1. The fourth-order valence-electron chi connectivity index (χ4n) is 1.52. The maximum Gasteiger partial charge on any atom is 0.414 e. The van der Waals surface area contributed by atoms with Gasteiger partial charge in [0.2, 0.25) is 0 Å². The summed E-state index contributed by atoms with van der Waals surface area (Å²) in [6.07, 6.45) is -0.404. The van der Waals surface area contributed by atoms with Gasteiger partial charge in [-0.2, -0.15) is 0 Å². The number of hydrogen-bond acceptors (Lipinski definition) is 3. The lowest BCUT2D eigenvalue weighted by Crippen LogP contribution is -2.30. The molecule has 1 atom stereocenters. The Labute approximate surface area is 81.7 Å². The van der Waals surface area contributed by atoms with Gasteiger partial charge in [-0.15, -0.1) is 0 Å². The van der Waals surface area contributed by atoms with Crippen LogP contribution in [0.3, 0.4) is 0 Å². The fourth-order valence-corrected chi connectivity index (χ4v) is 1.52. The minimum atomic E-state index is -0.404. The van der Waals surface area contributed by atoms with E-state index < -0.39 is 6.09 Å². The molecule has 0 saturated carbocycles. The molecule has 0 bridgehead atoms. The number of phenols is 1. The second-order valence-electron chi connectivity index (χ2n) is 3.28. The van der Waals surface area contributed by atoms with E-state index in [-0.39, 0.29) is 11.8 Å². The molecule has 0 spiro atoms. The second-order valence-corrected chi connectivity index (χ2v) is 3.28. The molecule has 1 amide bonds. The molecule has 1 unspecified atom stereocenters. The zero-order valence-corrected chi connectivity index (χ0v) is 7.80. The highest BCUT2D eigenvalue weighted by Gasteiger charge is 2.32. The topological polar surface area (TPSA) is 49.8 Å². The lowest BCUT2D eigenvalue weighted by Gasteiger charge is -2.18. The van der Waals surface area contributed by atoms with E-state index in [0.717, 1.165) is 0 Å². The van der Waals surface area contributed by atoms with Gasteiger partial charge in [0.25, 0.3) is 0 Å². The van der Waals surface area contributed by atoms with Crippen molar-refractivity contribution >= 4 is 11.8 Å². The Balaban J connectivity index is 2.39. The van der Waals surface area contributed by atoms with Crippen molar-refractivity contribution in [2.45, 2.75) is 13.0 Å². The van der Waals surface area contributed by atoms with Crippen molar-refractivity contribution < 1.29 is 14.6 Å². The maximum absolute atomic E-state index is 11.3. The van der Waals surface area contributed by atoms with Crippen LogP contribution in [0, 0.1) is 0 Å². The summed E-state index contributed by atoms with van der Waals surface area (Å²) >= 11 is 0. The summed E-state index contributed by atoms with van der Waals surface area (Å²) in [5, 5.41) is 9.56. The van der Waals surface area contributed by atoms with Crippen molar-refractivity contribution in [3.63, 3.8) is 0 Å². The molecule has 4 heteroatoms. The van der Waals surface area contributed by atoms with Gasteiger partial charge < -0.3 is 9.84 Å². The number of aromatic hydroxyl groups is 1. The zero-order chi connectivity index (χ0) is 10.1. The molecule has 2 rings (SSSR count). The average molecular weight is 193 g/mol. The van der Waals surface area contributed by atoms with Crippen LogP contribution in [-0.4, -0.2) is 23.8 Å². The highest BCUT2D eigenvalue weighted by molar-refractivity contribution is 5.91. The maximum atomic E-state index is 11.3. The predicted octanol–water partition coefficient (Wildman–Crippen LogP) is 1.74. The molecule has 1 heterocycles. The third-order valence-corrected chi connectivity index (χ3v) is 2.23. The quantitative estimate of drug-likeness (QED) is 0.739. The fraction of sp³-hybridized carbons (Fsp3) is 0.300. The number of phenolic OH excluding ortho intramolecular Hbond substituents is 1. The van der Waals surface area contributed by atoms with E-state index in [0.29, 0.717) is 12.3 Å². The number of anilines is 1. The smallest absolute Gasteiger partial charge is 0.414 e. The number of carbonyl (C=O) groups is 1. The van der Waals surface area contributed by atoms with E-state index in [9.17, 15) is 9.90 Å². The first-order valence-corrected chi connectivity index (χ1v) is 4.44. The summed E-state index contributed by atoms with van der Waals surface area (Å²) < 4.78 is 4.86. The summed E-state index contributed by atoms with van der Waals surface area (Å²) in [6.45, 7) is 2.24. The summed E-state index contributed by atoms with van der Waals surface area (Å²) in [5.74, 6) is 0.0956. The highest BCUT2D eigenvalue weighted by atomic mass is 16.6. The molecule has 1 saturated heterocycles. The van der Waals surface area contributed by atoms with Gasteiger partial charge in [0.15, 0.2) is 0 Å². The molecular weight excluding hydrogens is 182 g/mol. The summed E-state index contributed by atoms with van der Waals surface area (Å²) in [6, 6.07) is 6.69. The first-order chi connectivity index (χ1) is 6.70. The molecule has 1 aliphatic heterocycles. The van der Waals surface area contributed by atoms with Crippen LogP contribution < -0.4 is 4.90 Å². The molecule has 1 aromatic carbocycles. The van der Waals surface area contributed by atoms with Gasteiger partial charge in [-0.25, -0.2) is 4.79 Å². The average Bonchev–Trinajstić information content (AvgIpc) is 2.48. The van der Waals surface area contributed by atoms with Gasteiger partial charge in [0.05, 0.1) is 11.7 Å². The molecule has 0 aliphatic carbocycles. The minimum Gasteiger partial charge on any atom is -0.506 e. The van der Waals surface area contributed by atoms with Crippen molar-refractivity contribution in [1.82, 2.24) is 0 Å². The highest BCUT2D eigenvalue weighted by Crippen LogP contribution is 2.30. The van der Waals surface area contributed by atoms with Gasteiger partial charge in [0, 0.05) is 0 Å². The lowest BCUT2D eigenvalue weighted by molar-refractivity contribution is 0.179. The van der Waals surface area contributed by atoms with Crippen LogP contribution in [0.2, 0.25) is 0 Å². The molecule has 14 heavy (non-hydrogen) atoms. The van der Waals surface area contributed by atoms with Crippen molar-refractivity contribution in [3.05, 3.63) is 24.3 Å². The van der Waals surface area contributed by atoms with Gasteiger partial charge >= 0.3 is 6.09 Å². The molecule has 74 valence electrons. The number of rotatable bonds is 1. The second kappa shape index (κ2) is 3.21. The van der Waals surface area contributed by atoms with Crippen LogP contribution in [0.4, 0.5) is 10.5 Å². The molecular formula is C10H11NO3. The monoisotopic (exact) mass is 193 g/mol. The molecule has 1 N–H and O–H groups in total. The number of cyclic esters (lactones) is 1. The molecule has 1 aliphatic rings. The van der Waals surface area contributed by atoms with Gasteiger partial charge in [-0.05, 0) is 19.1 Å². The van der Waals surface area contributed by atoms with Gasteiger partial charge in [-0.3, -0.25) is 4.90 Å². The number of benzene rings is 1. The third kappa shape index (κ3) is 1.28. The standard InChI is InChI=1S/C10H11NO3/c1-7-6-14-10(13)11(7)8-4-2-3-5-9(8)12/h2-5,7,12H,6H2,1H3. The molecule has 1 fully saturated rings. The minimum absolute atomic E-state index is 0.0317. The number of amides is 1. The molecule has 1 aromatic rings. The first kappa shape index (κ1) is 8.87. The number of nitrogens with zero attached hydrogens (tertiary/aromatic N) is 1. The van der Waals surface area contributed by atoms with Crippen LogP contribution in [0.5, 0.6) is 5.75 Å². The summed E-state index contributed by atoms with van der Waals surface area (Å²) in [4.78, 5) is 12.8. The van der Waals surface area contributed by atoms with Crippen LogP contribution in [0.1, 0.15) is 6.92 Å². The predicted molar refractivity (Wildman–Crippen MR) is 51.4 cm³/mol. The first-order valence-electron chi connectivity index (χ1n) is 4.44. The van der Waals surface area contributed by atoms with E-state index in [1.54, 1.807) is 24.3 Å². The van der Waals surface area contributed by atoms with E-state index in [1.807, 2.05) is 6.92 Å². The molecule has 0 radical (unpaired) electrons. The van der Waals surface area contributed by atoms with Gasteiger partial charge in [0.1, 0.15) is 12.4 Å². The van der Waals surface area contributed by atoms with Crippen molar-refractivity contribution in [2.24, 2.45) is 0 Å². The van der Waals surface area contributed by atoms with Crippen LogP contribution in [0.25, 0.3) is 0 Å². The third-order valence-electron chi connectivity index (χ3n) is 2.23. The molecule has 0 aromatic heterocycles. The van der Waals surface area contributed by atoms with E-state index >= 15 is 0 Å². The Bertz CT molecular complexity index is 364. The van der Waals surface area contributed by atoms with Crippen LogP contribution in [-0.2, 0) is 4.74 Å².